The summed E-state index contributed by atoms with van der Waals surface area (Å²) in [6.45, 7) is 3.80. The predicted molar refractivity (Wildman–Crippen MR) is 77.4 cm³/mol. The van der Waals surface area contributed by atoms with Crippen molar-refractivity contribution < 1.29 is 4.74 Å². The third-order valence-electron chi connectivity index (χ3n) is 2.63. The van der Waals surface area contributed by atoms with Gasteiger partial charge in [0, 0.05) is 7.05 Å². The molecular formula is C11H14IN5O. The lowest BCUT2D eigenvalue weighted by atomic mass is 10.2. The molecule has 0 unspecified atom stereocenters. The number of hydrogen-bond donors (Lipinski definition) is 1. The van der Waals surface area contributed by atoms with Gasteiger partial charge in [0.25, 0.3) is 0 Å². The van der Waals surface area contributed by atoms with E-state index < -0.39 is 0 Å². The van der Waals surface area contributed by atoms with Gasteiger partial charge in [0.15, 0.2) is 5.82 Å². The molecule has 2 heterocycles. The van der Waals surface area contributed by atoms with Crippen molar-refractivity contribution in [2.75, 3.05) is 12.8 Å². The number of nitrogens with zero attached hydrogens (tertiary/aromatic N) is 4. The summed E-state index contributed by atoms with van der Waals surface area (Å²) >= 11 is 2.13. The Morgan fingerprint density at radius 2 is 1.89 bits per heavy atom. The highest BCUT2D eigenvalue weighted by Gasteiger charge is 2.20. The smallest absolute Gasteiger partial charge is 0.222 e. The maximum absolute atomic E-state index is 5.88. The summed E-state index contributed by atoms with van der Waals surface area (Å²) in [5, 5.41) is 4.31. The zero-order valence-corrected chi connectivity index (χ0v) is 12.8. The van der Waals surface area contributed by atoms with E-state index in [4.69, 9.17) is 10.5 Å². The number of nitrogens with two attached hydrogens (primary N) is 1. The molecule has 0 aromatic carbocycles. The molecule has 0 radical (unpaired) electrons. The fourth-order valence-electron chi connectivity index (χ4n) is 1.82. The van der Waals surface area contributed by atoms with Gasteiger partial charge in [0.05, 0.1) is 22.1 Å². The topological polar surface area (TPSA) is 78.8 Å². The minimum Gasteiger partial charge on any atom is -0.481 e. The Morgan fingerprint density at radius 3 is 2.44 bits per heavy atom. The van der Waals surface area contributed by atoms with Crippen LogP contribution in [0, 0.1) is 17.4 Å². The predicted octanol–water partition coefficient (Wildman–Crippen LogP) is 1.69. The van der Waals surface area contributed by atoms with E-state index in [0.717, 1.165) is 20.5 Å². The Kier molecular flexibility index (Phi) is 3.42. The van der Waals surface area contributed by atoms with Crippen LogP contribution in [0.25, 0.3) is 11.4 Å². The summed E-state index contributed by atoms with van der Waals surface area (Å²) in [7, 11) is 3.42. The van der Waals surface area contributed by atoms with E-state index in [1.54, 1.807) is 11.8 Å². The molecule has 0 spiro atoms. The number of ether oxygens (including phenoxy) is 1. The van der Waals surface area contributed by atoms with Crippen LogP contribution in [-0.2, 0) is 7.05 Å². The zero-order valence-electron chi connectivity index (χ0n) is 10.7. The van der Waals surface area contributed by atoms with Gasteiger partial charge >= 0.3 is 0 Å². The van der Waals surface area contributed by atoms with Crippen LogP contribution < -0.4 is 10.5 Å². The summed E-state index contributed by atoms with van der Waals surface area (Å²) in [6.07, 6.45) is 0. The number of nitrogen functional groups attached to an aromatic ring is 1. The number of aromatic nitrogens is 4. The van der Waals surface area contributed by atoms with Crippen LogP contribution in [0.3, 0.4) is 0 Å². The van der Waals surface area contributed by atoms with Crippen molar-refractivity contribution in [1.82, 2.24) is 19.7 Å². The first-order valence-corrected chi connectivity index (χ1v) is 6.41. The van der Waals surface area contributed by atoms with Crippen molar-refractivity contribution in [3.8, 4) is 17.3 Å². The maximum atomic E-state index is 5.88. The van der Waals surface area contributed by atoms with Crippen molar-refractivity contribution >= 4 is 28.4 Å². The number of rotatable bonds is 2. The minimum atomic E-state index is 0.475. The van der Waals surface area contributed by atoms with Gasteiger partial charge in [-0.1, -0.05) is 0 Å². The summed E-state index contributed by atoms with van der Waals surface area (Å²) in [6, 6.07) is 0. The van der Waals surface area contributed by atoms with Gasteiger partial charge in [-0.2, -0.15) is 5.10 Å². The fraction of sp³-hybridized carbons (Fsp3) is 0.364. The Labute approximate surface area is 119 Å². The molecule has 0 fully saturated rings. The van der Waals surface area contributed by atoms with Crippen LogP contribution >= 0.6 is 22.6 Å². The molecule has 0 aliphatic heterocycles. The lowest BCUT2D eigenvalue weighted by molar-refractivity contribution is 0.374. The zero-order chi connectivity index (χ0) is 13.4. The van der Waals surface area contributed by atoms with Crippen molar-refractivity contribution in [2.45, 2.75) is 13.8 Å². The van der Waals surface area contributed by atoms with Crippen LogP contribution in [0.1, 0.15) is 11.4 Å². The highest BCUT2D eigenvalue weighted by Crippen LogP contribution is 2.31. The molecule has 2 N–H and O–H groups in total. The van der Waals surface area contributed by atoms with Crippen LogP contribution in [0.2, 0.25) is 0 Å². The van der Waals surface area contributed by atoms with E-state index >= 15 is 0 Å². The lowest BCUT2D eigenvalue weighted by Crippen LogP contribution is -2.03. The van der Waals surface area contributed by atoms with Crippen LogP contribution in [0.15, 0.2) is 0 Å². The molecule has 6 nitrogen and oxygen atoms in total. The van der Waals surface area contributed by atoms with E-state index in [0.29, 0.717) is 17.5 Å². The number of halogens is 1. The molecule has 0 saturated carbocycles. The average molecular weight is 359 g/mol. The Balaban J connectivity index is 2.69. The SMILES string of the molecule is COc1c(-c2nc(C)c(I)c(N)n2)c(C)nn1C. The third kappa shape index (κ3) is 2.02. The molecule has 2 rings (SSSR count). The summed E-state index contributed by atoms with van der Waals surface area (Å²) in [5.74, 6) is 1.66. The van der Waals surface area contributed by atoms with Crippen LogP contribution in [0.5, 0.6) is 5.88 Å². The van der Waals surface area contributed by atoms with Crippen molar-refractivity contribution in [3.05, 3.63) is 15.0 Å². The molecule has 0 aliphatic carbocycles. The molecule has 0 aliphatic rings. The van der Waals surface area contributed by atoms with Crippen LogP contribution in [0.4, 0.5) is 5.82 Å². The average Bonchev–Trinajstić information content (AvgIpc) is 2.59. The van der Waals surface area contributed by atoms with E-state index in [-0.39, 0.29) is 0 Å². The Morgan fingerprint density at radius 1 is 1.22 bits per heavy atom. The molecule has 0 atom stereocenters. The van der Waals surface area contributed by atoms with E-state index in [1.165, 1.54) is 0 Å². The number of hydrogen-bond acceptors (Lipinski definition) is 5. The lowest BCUT2D eigenvalue weighted by Gasteiger charge is -2.07. The second-order valence-corrected chi connectivity index (χ2v) is 5.00. The molecule has 18 heavy (non-hydrogen) atoms. The Hall–Kier alpha value is -1.38. The van der Waals surface area contributed by atoms with Crippen molar-refractivity contribution in [3.63, 3.8) is 0 Å². The van der Waals surface area contributed by atoms with Crippen molar-refractivity contribution in [1.29, 1.82) is 0 Å². The summed E-state index contributed by atoms with van der Waals surface area (Å²) < 4.78 is 7.88. The number of anilines is 1. The normalized spacial score (nSPS) is 10.7. The first-order valence-electron chi connectivity index (χ1n) is 5.33. The third-order valence-corrected chi connectivity index (χ3v) is 3.96. The van der Waals surface area contributed by atoms with Crippen LogP contribution in [-0.4, -0.2) is 26.9 Å². The highest BCUT2D eigenvalue weighted by atomic mass is 127. The molecule has 2 aromatic heterocycles. The quantitative estimate of drug-likeness (QED) is 0.826. The molecule has 96 valence electrons. The highest BCUT2D eigenvalue weighted by molar-refractivity contribution is 14.1. The first-order chi connectivity index (χ1) is 8.45. The molecular weight excluding hydrogens is 345 g/mol. The molecule has 0 amide bonds. The van der Waals surface area contributed by atoms with Gasteiger partial charge in [0.2, 0.25) is 5.88 Å². The molecule has 0 saturated heterocycles. The van der Waals surface area contributed by atoms with Gasteiger partial charge in [0.1, 0.15) is 11.4 Å². The standard InChI is InChI=1S/C11H14IN5O/c1-5-7(11(18-4)17(3)16-5)10-14-6(2)8(12)9(13)15-10/h1-4H3,(H2,13,14,15). The number of methoxy groups -OCH3 is 1. The van der Waals surface area contributed by atoms with Gasteiger partial charge in [-0.3, -0.25) is 0 Å². The second kappa shape index (κ2) is 4.71. The maximum Gasteiger partial charge on any atom is 0.222 e. The van der Waals surface area contributed by atoms with Gasteiger partial charge < -0.3 is 10.5 Å². The second-order valence-electron chi connectivity index (χ2n) is 3.93. The Bertz CT molecular complexity index is 585. The van der Waals surface area contributed by atoms with E-state index in [2.05, 4.69) is 37.7 Å². The van der Waals surface area contributed by atoms with Gasteiger partial charge in [-0.25, -0.2) is 14.6 Å². The van der Waals surface area contributed by atoms with Gasteiger partial charge in [-0.15, -0.1) is 0 Å². The first kappa shape index (κ1) is 13.1. The fourth-order valence-corrected chi connectivity index (χ4v) is 2.06. The summed E-state index contributed by atoms with van der Waals surface area (Å²) in [5.41, 5.74) is 8.33. The van der Waals surface area contributed by atoms with E-state index in [9.17, 15) is 0 Å². The summed E-state index contributed by atoms with van der Waals surface area (Å²) in [4.78, 5) is 8.77. The van der Waals surface area contributed by atoms with Crippen molar-refractivity contribution in [2.24, 2.45) is 7.05 Å². The molecule has 0 bridgehead atoms. The van der Waals surface area contributed by atoms with E-state index in [1.807, 2.05) is 20.9 Å². The monoisotopic (exact) mass is 359 g/mol. The number of aryl methyl sites for hydroxylation is 3. The van der Waals surface area contributed by atoms with Gasteiger partial charge in [-0.05, 0) is 36.4 Å². The minimum absolute atomic E-state index is 0.475. The molecule has 7 heteroatoms. The molecule has 2 aromatic rings. The largest absolute Gasteiger partial charge is 0.481 e.